The zero-order valence-electron chi connectivity index (χ0n) is 9.72. The molecule has 0 aromatic heterocycles. The van der Waals surface area contributed by atoms with Gasteiger partial charge in [-0.1, -0.05) is 0 Å². The van der Waals surface area contributed by atoms with Crippen LogP contribution in [0.15, 0.2) is 0 Å². The standard InChI is InChI=1S/C11H24N2/c1-9-8-10(12-5)6-7-13(9)11(2,3)4/h9-10,12H,6-8H2,1-5H3/t9-,10-/m0/s1. The van der Waals surface area contributed by atoms with Gasteiger partial charge < -0.3 is 5.32 Å². The second-order valence-electron chi connectivity index (χ2n) is 5.22. The average molecular weight is 184 g/mol. The van der Waals surface area contributed by atoms with Crippen LogP contribution in [0, 0.1) is 0 Å². The van der Waals surface area contributed by atoms with Gasteiger partial charge in [-0.2, -0.15) is 0 Å². The molecule has 1 heterocycles. The van der Waals surface area contributed by atoms with Crippen molar-refractivity contribution in [3.8, 4) is 0 Å². The minimum Gasteiger partial charge on any atom is -0.317 e. The Morgan fingerprint density at radius 3 is 2.31 bits per heavy atom. The number of rotatable bonds is 1. The van der Waals surface area contributed by atoms with Crippen LogP contribution in [0.2, 0.25) is 0 Å². The highest BCUT2D eigenvalue weighted by atomic mass is 15.2. The first-order valence-corrected chi connectivity index (χ1v) is 5.39. The molecule has 1 aliphatic rings. The minimum atomic E-state index is 0.331. The fourth-order valence-corrected chi connectivity index (χ4v) is 2.43. The topological polar surface area (TPSA) is 15.3 Å². The Morgan fingerprint density at radius 2 is 1.92 bits per heavy atom. The van der Waals surface area contributed by atoms with Crippen LogP contribution in [0.1, 0.15) is 40.5 Å². The smallest absolute Gasteiger partial charge is 0.0127 e. The van der Waals surface area contributed by atoms with Gasteiger partial charge in [0.1, 0.15) is 0 Å². The Labute approximate surface area is 82.7 Å². The first-order valence-electron chi connectivity index (χ1n) is 5.39. The predicted molar refractivity (Wildman–Crippen MR) is 58.0 cm³/mol. The van der Waals surface area contributed by atoms with Gasteiger partial charge in [0.05, 0.1) is 0 Å². The molecular formula is C11H24N2. The first-order chi connectivity index (χ1) is 5.95. The molecule has 0 amide bonds. The third kappa shape index (κ3) is 2.68. The average Bonchev–Trinajstić information content (AvgIpc) is 2.01. The number of piperidine rings is 1. The lowest BCUT2D eigenvalue weighted by atomic mass is 9.93. The maximum atomic E-state index is 3.38. The molecule has 0 spiro atoms. The molecule has 0 bridgehead atoms. The lowest BCUT2D eigenvalue weighted by molar-refractivity contribution is 0.0491. The first kappa shape index (κ1) is 11.0. The van der Waals surface area contributed by atoms with Crippen molar-refractivity contribution in [3.05, 3.63) is 0 Å². The molecule has 0 aliphatic carbocycles. The van der Waals surface area contributed by atoms with Crippen molar-refractivity contribution in [3.63, 3.8) is 0 Å². The van der Waals surface area contributed by atoms with Gasteiger partial charge in [0, 0.05) is 24.2 Å². The van der Waals surface area contributed by atoms with E-state index in [1.807, 2.05) is 0 Å². The molecule has 2 heteroatoms. The molecule has 78 valence electrons. The molecule has 1 N–H and O–H groups in total. The molecule has 0 radical (unpaired) electrons. The number of nitrogens with one attached hydrogen (secondary N) is 1. The molecule has 2 nitrogen and oxygen atoms in total. The van der Waals surface area contributed by atoms with Crippen LogP contribution in [0.25, 0.3) is 0 Å². The summed E-state index contributed by atoms with van der Waals surface area (Å²) in [6, 6.07) is 1.44. The van der Waals surface area contributed by atoms with Gasteiger partial charge in [-0.05, 0) is 47.6 Å². The molecule has 0 aromatic rings. The van der Waals surface area contributed by atoms with E-state index >= 15 is 0 Å². The van der Waals surface area contributed by atoms with Crippen LogP contribution in [-0.4, -0.2) is 36.1 Å². The number of hydrogen-bond donors (Lipinski definition) is 1. The highest BCUT2D eigenvalue weighted by molar-refractivity contribution is 4.88. The van der Waals surface area contributed by atoms with Gasteiger partial charge in [-0.15, -0.1) is 0 Å². The summed E-state index contributed by atoms with van der Waals surface area (Å²) in [6.45, 7) is 10.5. The molecule has 0 saturated carbocycles. The minimum absolute atomic E-state index is 0.331. The Kier molecular flexibility index (Phi) is 3.36. The van der Waals surface area contributed by atoms with E-state index < -0.39 is 0 Å². The van der Waals surface area contributed by atoms with E-state index in [2.05, 4.69) is 45.0 Å². The van der Waals surface area contributed by atoms with Crippen molar-refractivity contribution in [2.24, 2.45) is 0 Å². The summed E-state index contributed by atoms with van der Waals surface area (Å²) in [4.78, 5) is 2.61. The molecule has 2 atom stereocenters. The summed E-state index contributed by atoms with van der Waals surface area (Å²) in [6.07, 6.45) is 2.58. The molecule has 0 aromatic carbocycles. The van der Waals surface area contributed by atoms with E-state index in [4.69, 9.17) is 0 Å². The maximum absolute atomic E-state index is 3.38. The third-order valence-electron chi connectivity index (χ3n) is 3.15. The van der Waals surface area contributed by atoms with Crippen LogP contribution < -0.4 is 5.32 Å². The Hall–Kier alpha value is -0.0800. The van der Waals surface area contributed by atoms with Gasteiger partial charge in [-0.25, -0.2) is 0 Å². The Morgan fingerprint density at radius 1 is 1.31 bits per heavy atom. The zero-order valence-corrected chi connectivity index (χ0v) is 9.72. The Balaban J connectivity index is 2.53. The molecule has 1 fully saturated rings. The summed E-state index contributed by atoms with van der Waals surface area (Å²) in [5.41, 5.74) is 0.331. The molecule has 1 rings (SSSR count). The molecule has 13 heavy (non-hydrogen) atoms. The van der Waals surface area contributed by atoms with Gasteiger partial charge in [0.25, 0.3) is 0 Å². The molecule has 0 unspecified atom stereocenters. The maximum Gasteiger partial charge on any atom is 0.0127 e. The second kappa shape index (κ2) is 3.97. The SMILES string of the molecule is CN[C@H]1CCN(C(C)(C)C)[C@@H](C)C1. The van der Waals surface area contributed by atoms with Crippen molar-refractivity contribution < 1.29 is 0 Å². The van der Waals surface area contributed by atoms with Gasteiger partial charge in [-0.3, -0.25) is 4.90 Å². The van der Waals surface area contributed by atoms with Gasteiger partial charge in [0.2, 0.25) is 0 Å². The van der Waals surface area contributed by atoms with Crippen LogP contribution in [0.5, 0.6) is 0 Å². The zero-order chi connectivity index (χ0) is 10.1. The lowest BCUT2D eigenvalue weighted by Crippen LogP contribution is -2.54. The van der Waals surface area contributed by atoms with Gasteiger partial charge >= 0.3 is 0 Å². The van der Waals surface area contributed by atoms with E-state index in [1.165, 1.54) is 19.4 Å². The summed E-state index contributed by atoms with van der Waals surface area (Å²) >= 11 is 0. The van der Waals surface area contributed by atoms with E-state index in [0.29, 0.717) is 11.6 Å². The van der Waals surface area contributed by atoms with E-state index in [-0.39, 0.29) is 0 Å². The molecule has 1 saturated heterocycles. The van der Waals surface area contributed by atoms with Crippen LogP contribution in [0.4, 0.5) is 0 Å². The van der Waals surface area contributed by atoms with E-state index in [0.717, 1.165) is 6.04 Å². The number of nitrogens with zero attached hydrogens (tertiary/aromatic N) is 1. The van der Waals surface area contributed by atoms with Crippen LogP contribution >= 0.6 is 0 Å². The fourth-order valence-electron chi connectivity index (χ4n) is 2.43. The monoisotopic (exact) mass is 184 g/mol. The number of likely N-dealkylation sites (tertiary alicyclic amines) is 1. The van der Waals surface area contributed by atoms with Crippen molar-refractivity contribution in [2.75, 3.05) is 13.6 Å². The Bertz CT molecular complexity index is 160. The summed E-state index contributed by atoms with van der Waals surface area (Å²) in [5, 5.41) is 3.38. The van der Waals surface area contributed by atoms with Crippen molar-refractivity contribution in [2.45, 2.75) is 58.2 Å². The van der Waals surface area contributed by atoms with E-state index in [9.17, 15) is 0 Å². The highest BCUT2D eigenvalue weighted by Crippen LogP contribution is 2.25. The summed E-state index contributed by atoms with van der Waals surface area (Å²) < 4.78 is 0. The second-order valence-corrected chi connectivity index (χ2v) is 5.22. The molecular weight excluding hydrogens is 160 g/mol. The fraction of sp³-hybridized carbons (Fsp3) is 1.00. The lowest BCUT2D eigenvalue weighted by Gasteiger charge is -2.45. The predicted octanol–water partition coefficient (Wildman–Crippen LogP) is 1.86. The quantitative estimate of drug-likeness (QED) is 0.669. The van der Waals surface area contributed by atoms with Crippen molar-refractivity contribution in [1.29, 1.82) is 0 Å². The van der Waals surface area contributed by atoms with Gasteiger partial charge in [0.15, 0.2) is 0 Å². The van der Waals surface area contributed by atoms with Crippen molar-refractivity contribution in [1.82, 2.24) is 10.2 Å². The number of hydrogen-bond acceptors (Lipinski definition) is 2. The highest BCUT2D eigenvalue weighted by Gasteiger charge is 2.31. The summed E-state index contributed by atoms with van der Waals surface area (Å²) in [7, 11) is 2.07. The van der Waals surface area contributed by atoms with Crippen molar-refractivity contribution >= 4 is 0 Å². The third-order valence-corrected chi connectivity index (χ3v) is 3.15. The largest absolute Gasteiger partial charge is 0.317 e. The van der Waals surface area contributed by atoms with E-state index in [1.54, 1.807) is 0 Å². The summed E-state index contributed by atoms with van der Waals surface area (Å²) in [5.74, 6) is 0. The van der Waals surface area contributed by atoms with Crippen LogP contribution in [-0.2, 0) is 0 Å². The molecule has 1 aliphatic heterocycles. The normalized spacial score (nSPS) is 32.1. The van der Waals surface area contributed by atoms with Crippen LogP contribution in [0.3, 0.4) is 0 Å².